The fourth-order valence-corrected chi connectivity index (χ4v) is 2.95. The highest BCUT2D eigenvalue weighted by Crippen LogP contribution is 2.36. The van der Waals surface area contributed by atoms with Gasteiger partial charge in [0, 0.05) is 32.7 Å². The summed E-state index contributed by atoms with van der Waals surface area (Å²) in [6.07, 6.45) is -0.140. The number of piperazine rings is 1. The number of hydrogen-bond acceptors (Lipinski definition) is 4. The van der Waals surface area contributed by atoms with Crippen molar-refractivity contribution >= 4 is 0 Å². The molecule has 3 rings (SSSR count). The first-order chi connectivity index (χ1) is 10.2. The van der Waals surface area contributed by atoms with Crippen molar-refractivity contribution in [3.05, 3.63) is 23.3 Å². The van der Waals surface area contributed by atoms with Crippen LogP contribution in [0.15, 0.2) is 12.1 Å². The highest BCUT2D eigenvalue weighted by Gasteiger charge is 2.19. The summed E-state index contributed by atoms with van der Waals surface area (Å²) < 4.78 is 25.1. The lowest BCUT2D eigenvalue weighted by Gasteiger charge is -2.28. The molecule has 0 radical (unpaired) electrons. The van der Waals surface area contributed by atoms with Gasteiger partial charge in [-0.05, 0) is 36.6 Å². The van der Waals surface area contributed by atoms with E-state index in [1.54, 1.807) is 6.92 Å². The average molecular weight is 294 g/mol. The molecule has 1 unspecified atom stereocenters. The molecule has 2 aliphatic rings. The van der Waals surface area contributed by atoms with Gasteiger partial charge in [0.15, 0.2) is 11.5 Å². The molecule has 0 amide bonds. The van der Waals surface area contributed by atoms with E-state index in [4.69, 9.17) is 9.47 Å². The third kappa shape index (κ3) is 3.47. The van der Waals surface area contributed by atoms with E-state index in [1.807, 2.05) is 12.1 Å². The van der Waals surface area contributed by atoms with Crippen LogP contribution in [0.1, 0.15) is 24.2 Å². The van der Waals surface area contributed by atoms with Crippen LogP contribution in [-0.2, 0) is 6.42 Å². The molecule has 0 spiro atoms. The van der Waals surface area contributed by atoms with E-state index in [0.717, 1.165) is 56.0 Å². The smallest absolute Gasteiger partial charge is 0.161 e. The molecule has 21 heavy (non-hydrogen) atoms. The Labute approximate surface area is 125 Å². The van der Waals surface area contributed by atoms with Crippen LogP contribution < -0.4 is 14.8 Å². The Kier molecular flexibility index (Phi) is 4.60. The van der Waals surface area contributed by atoms with E-state index in [-0.39, 0.29) is 0 Å². The van der Waals surface area contributed by atoms with E-state index in [9.17, 15) is 4.39 Å². The van der Waals surface area contributed by atoms with Gasteiger partial charge in [-0.2, -0.15) is 0 Å². The molecule has 0 bridgehead atoms. The summed E-state index contributed by atoms with van der Waals surface area (Å²) in [4.78, 5) is 2.42. The van der Waals surface area contributed by atoms with Crippen molar-refractivity contribution in [3.63, 3.8) is 0 Å². The number of nitrogens with one attached hydrogen (secondary N) is 1. The number of hydrogen-bond donors (Lipinski definition) is 1. The van der Waals surface area contributed by atoms with Gasteiger partial charge < -0.3 is 19.7 Å². The predicted octanol–water partition coefficient (Wildman–Crippen LogP) is 1.94. The van der Waals surface area contributed by atoms with Crippen LogP contribution in [0.4, 0.5) is 4.39 Å². The van der Waals surface area contributed by atoms with Gasteiger partial charge in [0.2, 0.25) is 0 Å². The SMILES string of the molecule is CC(F)c1cc2c(cc1CCN1CCNCC1)OCCO2. The number of rotatable bonds is 4. The molecular formula is C16H23FN2O2. The second-order valence-electron chi connectivity index (χ2n) is 5.65. The second-order valence-corrected chi connectivity index (χ2v) is 5.65. The Balaban J connectivity index is 1.75. The summed E-state index contributed by atoms with van der Waals surface area (Å²) >= 11 is 0. The number of fused-ring (bicyclic) bond motifs is 1. The predicted molar refractivity (Wildman–Crippen MR) is 80.0 cm³/mol. The van der Waals surface area contributed by atoms with Crippen LogP contribution in [0.2, 0.25) is 0 Å². The molecule has 5 heteroatoms. The van der Waals surface area contributed by atoms with Gasteiger partial charge in [0.25, 0.3) is 0 Å². The summed E-state index contributed by atoms with van der Waals surface area (Å²) in [5.41, 5.74) is 1.77. The quantitative estimate of drug-likeness (QED) is 0.920. The van der Waals surface area contributed by atoms with Crippen molar-refractivity contribution in [3.8, 4) is 11.5 Å². The highest BCUT2D eigenvalue weighted by atomic mass is 19.1. The van der Waals surface area contributed by atoms with Crippen molar-refractivity contribution in [2.45, 2.75) is 19.5 Å². The van der Waals surface area contributed by atoms with Crippen molar-refractivity contribution in [2.75, 3.05) is 45.9 Å². The lowest BCUT2D eigenvalue weighted by Crippen LogP contribution is -2.44. The summed E-state index contributed by atoms with van der Waals surface area (Å²) in [5, 5.41) is 3.35. The van der Waals surface area contributed by atoms with Crippen LogP contribution in [-0.4, -0.2) is 50.8 Å². The highest BCUT2D eigenvalue weighted by molar-refractivity contribution is 5.49. The topological polar surface area (TPSA) is 33.7 Å². The number of benzene rings is 1. The van der Waals surface area contributed by atoms with Gasteiger partial charge in [-0.25, -0.2) is 4.39 Å². The summed E-state index contributed by atoms with van der Waals surface area (Å²) in [7, 11) is 0. The Morgan fingerprint density at radius 2 is 1.86 bits per heavy atom. The standard InChI is InChI=1S/C16H23FN2O2/c1-12(17)14-11-16-15(20-8-9-21-16)10-13(14)2-5-19-6-3-18-4-7-19/h10-12,18H,2-9H2,1H3. The van der Waals surface area contributed by atoms with Crippen molar-refractivity contribution < 1.29 is 13.9 Å². The third-order valence-corrected chi connectivity index (χ3v) is 4.14. The van der Waals surface area contributed by atoms with Crippen LogP contribution in [0, 0.1) is 0 Å². The molecule has 1 saturated heterocycles. The normalized spacial score (nSPS) is 20.3. The molecule has 2 aliphatic heterocycles. The molecule has 1 aromatic rings. The lowest BCUT2D eigenvalue weighted by molar-refractivity contribution is 0.170. The zero-order valence-corrected chi connectivity index (χ0v) is 12.5. The van der Waals surface area contributed by atoms with Crippen LogP contribution >= 0.6 is 0 Å². The Hall–Kier alpha value is -1.33. The first-order valence-corrected chi connectivity index (χ1v) is 7.73. The molecule has 1 fully saturated rings. The van der Waals surface area contributed by atoms with Gasteiger partial charge in [-0.1, -0.05) is 0 Å². The summed E-state index contributed by atoms with van der Waals surface area (Å²) in [6, 6.07) is 3.77. The lowest BCUT2D eigenvalue weighted by atomic mass is 9.99. The van der Waals surface area contributed by atoms with E-state index < -0.39 is 6.17 Å². The fourth-order valence-electron chi connectivity index (χ4n) is 2.95. The molecule has 4 nitrogen and oxygen atoms in total. The first-order valence-electron chi connectivity index (χ1n) is 7.73. The van der Waals surface area contributed by atoms with E-state index >= 15 is 0 Å². The first kappa shape index (κ1) is 14.6. The monoisotopic (exact) mass is 294 g/mol. The Morgan fingerprint density at radius 3 is 2.52 bits per heavy atom. The minimum atomic E-state index is -0.987. The largest absolute Gasteiger partial charge is 0.486 e. The molecule has 2 heterocycles. The molecular weight excluding hydrogens is 271 g/mol. The molecule has 1 aromatic carbocycles. The van der Waals surface area contributed by atoms with Crippen molar-refractivity contribution in [2.24, 2.45) is 0 Å². The molecule has 1 N–H and O–H groups in total. The Morgan fingerprint density at radius 1 is 1.19 bits per heavy atom. The van der Waals surface area contributed by atoms with Crippen molar-refractivity contribution in [1.82, 2.24) is 10.2 Å². The molecule has 0 aromatic heterocycles. The van der Waals surface area contributed by atoms with Gasteiger partial charge in [0.1, 0.15) is 19.4 Å². The minimum absolute atomic E-state index is 0.535. The molecule has 116 valence electrons. The zero-order chi connectivity index (χ0) is 14.7. The zero-order valence-electron chi connectivity index (χ0n) is 12.5. The van der Waals surface area contributed by atoms with Crippen LogP contribution in [0.25, 0.3) is 0 Å². The average Bonchev–Trinajstić information content (AvgIpc) is 2.53. The van der Waals surface area contributed by atoms with Crippen LogP contribution in [0.3, 0.4) is 0 Å². The van der Waals surface area contributed by atoms with Crippen LogP contribution in [0.5, 0.6) is 11.5 Å². The molecule has 1 atom stereocenters. The number of alkyl halides is 1. The maximum atomic E-state index is 13.9. The van der Waals surface area contributed by atoms with Gasteiger partial charge in [-0.3, -0.25) is 0 Å². The molecule has 0 aliphatic carbocycles. The maximum Gasteiger partial charge on any atom is 0.161 e. The molecule has 0 saturated carbocycles. The second kappa shape index (κ2) is 6.62. The van der Waals surface area contributed by atoms with Gasteiger partial charge in [-0.15, -0.1) is 0 Å². The van der Waals surface area contributed by atoms with E-state index in [2.05, 4.69) is 10.2 Å². The fraction of sp³-hybridized carbons (Fsp3) is 0.625. The Bertz CT molecular complexity index is 487. The third-order valence-electron chi connectivity index (χ3n) is 4.14. The number of nitrogens with zero attached hydrogens (tertiary/aromatic N) is 1. The maximum absolute atomic E-state index is 13.9. The summed E-state index contributed by atoms with van der Waals surface area (Å²) in [6.45, 7) is 7.83. The van der Waals surface area contributed by atoms with E-state index in [1.165, 1.54) is 0 Å². The van der Waals surface area contributed by atoms with Gasteiger partial charge in [0.05, 0.1) is 0 Å². The van der Waals surface area contributed by atoms with Gasteiger partial charge >= 0.3 is 0 Å². The minimum Gasteiger partial charge on any atom is -0.486 e. The number of ether oxygens (including phenoxy) is 2. The number of halogens is 1. The summed E-state index contributed by atoms with van der Waals surface area (Å²) in [5.74, 6) is 1.42. The van der Waals surface area contributed by atoms with Crippen molar-refractivity contribution in [1.29, 1.82) is 0 Å². The van der Waals surface area contributed by atoms with E-state index in [0.29, 0.717) is 19.0 Å².